The Kier molecular flexibility index (Phi) is 1.73. The first-order chi connectivity index (χ1) is 6.16. The molecule has 0 saturated carbocycles. The van der Waals surface area contributed by atoms with E-state index in [1.165, 1.54) is 6.07 Å². The molecule has 1 heterocycles. The lowest BCUT2D eigenvalue weighted by atomic mass is 10.3. The fraction of sp³-hybridized carbons (Fsp3) is 0. The van der Waals surface area contributed by atoms with Crippen molar-refractivity contribution in [2.24, 2.45) is 0 Å². The molecule has 6 nitrogen and oxygen atoms in total. The first kappa shape index (κ1) is 8.11. The lowest BCUT2D eigenvalue weighted by molar-refractivity contribution is -0.863. The highest BCUT2D eigenvalue weighted by Crippen LogP contribution is 2.13. The van der Waals surface area contributed by atoms with Crippen molar-refractivity contribution in [2.45, 2.75) is 0 Å². The number of rotatable bonds is 0. The van der Waals surface area contributed by atoms with Crippen molar-refractivity contribution < 1.29 is 9.80 Å². The van der Waals surface area contributed by atoms with Gasteiger partial charge in [0.25, 0.3) is 5.52 Å². The molecule has 0 aliphatic carbocycles. The number of benzene rings is 1. The van der Waals surface area contributed by atoms with Crippen LogP contribution in [0.3, 0.4) is 0 Å². The van der Waals surface area contributed by atoms with E-state index in [9.17, 15) is 10.4 Å². The van der Waals surface area contributed by atoms with Crippen molar-refractivity contribution >= 4 is 27.0 Å². The minimum atomic E-state index is -0.0121. The van der Waals surface area contributed by atoms with Crippen LogP contribution in [0.15, 0.2) is 22.7 Å². The summed E-state index contributed by atoms with van der Waals surface area (Å²) in [5.74, 6) is 0. The van der Waals surface area contributed by atoms with Gasteiger partial charge in [-0.3, -0.25) is 0 Å². The molecular weight excluding hydrogens is 240 g/mol. The van der Waals surface area contributed by atoms with Gasteiger partial charge in [-0.2, -0.15) is 0 Å². The van der Waals surface area contributed by atoms with Gasteiger partial charge in [0.2, 0.25) is 5.52 Å². The molecule has 1 aromatic carbocycles. The first-order valence-corrected chi connectivity index (χ1v) is 4.13. The molecule has 0 bridgehead atoms. The zero-order valence-corrected chi connectivity index (χ0v) is 7.80. The van der Waals surface area contributed by atoms with Gasteiger partial charge >= 0.3 is 5.21 Å². The molecule has 2 rings (SSSR count). The Morgan fingerprint density at radius 3 is 2.85 bits per heavy atom. The Morgan fingerprint density at radius 1 is 1.31 bits per heavy atom. The predicted molar refractivity (Wildman–Crippen MR) is 45.2 cm³/mol. The highest BCUT2D eigenvalue weighted by Gasteiger charge is 2.12. The Bertz CT molecular complexity index is 470. The normalized spacial score (nSPS) is 10.5. The lowest BCUT2D eigenvalue weighted by Crippen LogP contribution is -2.50. The van der Waals surface area contributed by atoms with Gasteiger partial charge in [-0.05, 0) is 12.1 Å². The number of fused-ring (bicyclic) bond motifs is 1. The van der Waals surface area contributed by atoms with Crippen molar-refractivity contribution in [2.75, 3.05) is 0 Å². The maximum atomic E-state index is 11.0. The van der Waals surface area contributed by atoms with E-state index in [-0.39, 0.29) is 15.3 Å². The van der Waals surface area contributed by atoms with E-state index in [0.717, 1.165) is 4.47 Å². The van der Waals surface area contributed by atoms with E-state index < -0.39 is 0 Å². The van der Waals surface area contributed by atoms with Crippen LogP contribution in [0.4, 0.5) is 0 Å². The highest BCUT2D eigenvalue weighted by atomic mass is 79.9. The van der Waals surface area contributed by atoms with E-state index in [0.29, 0.717) is 5.52 Å². The number of halogens is 1. The second kappa shape index (κ2) is 2.77. The van der Waals surface area contributed by atoms with Gasteiger partial charge in [-0.1, -0.05) is 15.9 Å². The number of nitrogens with zero attached hydrogens (tertiary/aromatic N) is 4. The van der Waals surface area contributed by atoms with Gasteiger partial charge in [0.15, 0.2) is 0 Å². The predicted octanol–water partition coefficient (Wildman–Crippen LogP) is -0.341. The van der Waals surface area contributed by atoms with Gasteiger partial charge in [0, 0.05) is 15.4 Å². The van der Waals surface area contributed by atoms with Crippen LogP contribution in [0, 0.1) is 10.4 Å². The van der Waals surface area contributed by atoms with Crippen molar-refractivity contribution in [3.05, 3.63) is 33.1 Å². The average Bonchev–Trinajstić information content (AvgIpc) is 2.02. The lowest BCUT2D eigenvalue weighted by Gasteiger charge is -1.95. The van der Waals surface area contributed by atoms with Gasteiger partial charge in [0.05, 0.1) is 5.10 Å². The summed E-state index contributed by atoms with van der Waals surface area (Å²) in [5, 5.41) is 28.2. The summed E-state index contributed by atoms with van der Waals surface area (Å²) < 4.78 is 0.749. The van der Waals surface area contributed by atoms with E-state index in [1.54, 1.807) is 12.1 Å². The molecule has 66 valence electrons. The topological polar surface area (TPSA) is 79.7 Å². The van der Waals surface area contributed by atoms with E-state index in [4.69, 9.17) is 0 Å². The molecule has 0 spiro atoms. The van der Waals surface area contributed by atoms with Crippen molar-refractivity contribution in [1.82, 2.24) is 10.3 Å². The quantitative estimate of drug-likeness (QED) is 0.468. The molecular formula is C6H3BrN4O2. The molecule has 2 aromatic rings. The zero-order chi connectivity index (χ0) is 9.42. The summed E-state index contributed by atoms with van der Waals surface area (Å²) in [7, 11) is 0. The maximum Gasteiger partial charge on any atom is 0.326 e. The highest BCUT2D eigenvalue weighted by molar-refractivity contribution is 9.10. The molecule has 1 aromatic heterocycles. The Labute approximate surface area is 80.7 Å². The van der Waals surface area contributed by atoms with E-state index in [1.807, 2.05) is 0 Å². The van der Waals surface area contributed by atoms with Crippen LogP contribution in [-0.2, 0) is 0 Å². The fourth-order valence-corrected chi connectivity index (χ4v) is 1.32. The number of aromatic nitrogens is 4. The minimum absolute atomic E-state index is 0.0121. The van der Waals surface area contributed by atoms with Gasteiger partial charge < -0.3 is 10.4 Å². The van der Waals surface area contributed by atoms with Gasteiger partial charge in [-0.25, -0.2) is 0 Å². The Hall–Kier alpha value is -1.50. The summed E-state index contributed by atoms with van der Waals surface area (Å²) >= 11 is 3.20. The van der Waals surface area contributed by atoms with Crippen LogP contribution in [0.1, 0.15) is 0 Å². The maximum absolute atomic E-state index is 11.0. The molecule has 13 heavy (non-hydrogen) atoms. The van der Waals surface area contributed by atoms with E-state index >= 15 is 0 Å². The van der Waals surface area contributed by atoms with Crippen LogP contribution in [0.25, 0.3) is 11.0 Å². The van der Waals surface area contributed by atoms with Crippen LogP contribution in [-0.4, -0.2) is 10.3 Å². The molecule has 0 amide bonds. The summed E-state index contributed by atoms with van der Waals surface area (Å²) in [4.78, 5) is 0.226. The largest absolute Gasteiger partial charge is 0.590 e. The number of hydrogen-bond donors (Lipinski definition) is 0. The molecule has 7 heteroatoms. The van der Waals surface area contributed by atoms with Crippen LogP contribution >= 0.6 is 15.9 Å². The number of hydrogen-bond acceptors (Lipinski definition) is 4. The standard InChI is InChI=1S/C6H3BrN4O2/c7-4-1-2-6-5(3-4)8-11(13)9-10(6)12/h1-3H. The van der Waals surface area contributed by atoms with Crippen LogP contribution in [0.5, 0.6) is 0 Å². The second-order valence-corrected chi connectivity index (χ2v) is 3.26. The third-order valence-electron chi connectivity index (χ3n) is 1.49. The van der Waals surface area contributed by atoms with Gasteiger partial charge in [-0.15, -0.1) is 0 Å². The monoisotopic (exact) mass is 242 g/mol. The SMILES string of the molecule is [O-][n+]1nc2cc(Br)ccc2[n+]([O-])n1. The minimum Gasteiger partial charge on any atom is -0.590 e. The third-order valence-corrected chi connectivity index (χ3v) is 1.99. The van der Waals surface area contributed by atoms with Crippen molar-refractivity contribution in [1.29, 1.82) is 0 Å². The van der Waals surface area contributed by atoms with Crippen LogP contribution < -0.4 is 9.80 Å². The van der Waals surface area contributed by atoms with Crippen molar-refractivity contribution in [3.8, 4) is 0 Å². The Morgan fingerprint density at radius 2 is 2.08 bits per heavy atom. The molecule has 0 radical (unpaired) electrons. The molecule has 0 aliphatic rings. The average molecular weight is 243 g/mol. The molecule has 0 aliphatic heterocycles. The molecule has 0 fully saturated rings. The van der Waals surface area contributed by atoms with E-state index in [2.05, 4.69) is 26.2 Å². The van der Waals surface area contributed by atoms with Crippen LogP contribution in [0.2, 0.25) is 0 Å². The molecule has 0 unspecified atom stereocenters. The summed E-state index contributed by atoms with van der Waals surface area (Å²) in [5.41, 5.74) is 0.560. The Balaban J connectivity index is 2.86. The third kappa shape index (κ3) is 1.37. The fourth-order valence-electron chi connectivity index (χ4n) is 0.968. The second-order valence-electron chi connectivity index (χ2n) is 2.35. The van der Waals surface area contributed by atoms with Gasteiger partial charge in [0.1, 0.15) is 4.96 Å². The summed E-state index contributed by atoms with van der Waals surface area (Å²) in [6, 6.07) is 4.78. The summed E-state index contributed by atoms with van der Waals surface area (Å²) in [6.45, 7) is 0. The van der Waals surface area contributed by atoms with Crippen molar-refractivity contribution in [3.63, 3.8) is 0 Å². The molecule has 0 N–H and O–H groups in total. The summed E-state index contributed by atoms with van der Waals surface area (Å²) in [6.07, 6.45) is 0. The molecule has 0 saturated heterocycles. The molecule has 0 atom stereocenters. The first-order valence-electron chi connectivity index (χ1n) is 3.34. The zero-order valence-electron chi connectivity index (χ0n) is 6.22. The smallest absolute Gasteiger partial charge is 0.326 e.